The number of nitrogens with zero attached hydrogens (tertiary/aromatic N) is 2. The average Bonchev–Trinajstić information content (AvgIpc) is 3.16. The third-order valence-electron chi connectivity index (χ3n) is 5.71. The van der Waals surface area contributed by atoms with Gasteiger partial charge in [-0.1, -0.05) is 48.0 Å². The van der Waals surface area contributed by atoms with E-state index in [1.54, 1.807) is 0 Å². The van der Waals surface area contributed by atoms with Gasteiger partial charge in [0.05, 0.1) is 0 Å². The molecule has 0 radical (unpaired) electrons. The molecule has 26 heavy (non-hydrogen) atoms. The first-order chi connectivity index (χ1) is 12.7. The van der Waals surface area contributed by atoms with Gasteiger partial charge in [0.1, 0.15) is 0 Å². The zero-order chi connectivity index (χ0) is 17.9. The molecule has 2 aliphatic heterocycles. The zero-order valence-corrected chi connectivity index (χ0v) is 15.8. The summed E-state index contributed by atoms with van der Waals surface area (Å²) in [5, 5.41) is 0.738. The molecule has 2 aromatic rings. The predicted octanol–water partition coefficient (Wildman–Crippen LogP) is 3.93. The van der Waals surface area contributed by atoms with Crippen molar-refractivity contribution in [3.63, 3.8) is 0 Å². The van der Waals surface area contributed by atoms with Crippen LogP contribution in [0.2, 0.25) is 5.02 Å². The van der Waals surface area contributed by atoms with Crippen LogP contribution in [0.25, 0.3) is 0 Å². The molecule has 0 unspecified atom stereocenters. The first-order valence-electron chi connectivity index (χ1n) is 9.52. The van der Waals surface area contributed by atoms with Gasteiger partial charge in [0.25, 0.3) is 0 Å². The highest BCUT2D eigenvalue weighted by atomic mass is 35.5. The standard InChI is InChI=1S/C22H25ClN2O/c23-20-7-3-4-17(14-20)8-9-22(26)25-13-11-21(16-25)24-12-10-18-5-1-2-6-19(18)15-24/h1-7,14,21H,8-13,15-16H2/t21-/m0/s1. The molecule has 0 saturated carbocycles. The van der Waals surface area contributed by atoms with E-state index in [0.29, 0.717) is 12.5 Å². The number of aryl methyl sites for hydroxylation is 1. The number of carbonyl (C=O) groups excluding carboxylic acids is 1. The molecule has 0 N–H and O–H groups in total. The molecule has 1 fully saturated rings. The Balaban J connectivity index is 1.30. The first-order valence-corrected chi connectivity index (χ1v) is 9.90. The Morgan fingerprint density at radius 1 is 1.08 bits per heavy atom. The summed E-state index contributed by atoms with van der Waals surface area (Å²) in [6.07, 6.45) is 3.54. The Morgan fingerprint density at radius 2 is 1.92 bits per heavy atom. The normalized spacial score (nSPS) is 20.2. The van der Waals surface area contributed by atoms with Crippen LogP contribution in [-0.4, -0.2) is 41.4 Å². The van der Waals surface area contributed by atoms with Gasteiger partial charge in [0, 0.05) is 43.7 Å². The largest absolute Gasteiger partial charge is 0.341 e. The SMILES string of the molecule is O=C(CCc1cccc(Cl)c1)N1CC[C@H](N2CCc3ccccc3C2)C1. The van der Waals surface area contributed by atoms with E-state index >= 15 is 0 Å². The maximum atomic E-state index is 12.6. The zero-order valence-electron chi connectivity index (χ0n) is 15.0. The molecule has 136 valence electrons. The molecule has 1 amide bonds. The molecule has 2 aliphatic rings. The third-order valence-corrected chi connectivity index (χ3v) is 5.94. The van der Waals surface area contributed by atoms with Crippen molar-refractivity contribution in [1.29, 1.82) is 0 Å². The number of rotatable bonds is 4. The van der Waals surface area contributed by atoms with Gasteiger partial charge in [0.15, 0.2) is 0 Å². The van der Waals surface area contributed by atoms with Crippen molar-refractivity contribution in [2.45, 2.75) is 38.3 Å². The fraction of sp³-hybridized carbons (Fsp3) is 0.409. The van der Waals surface area contributed by atoms with E-state index in [0.717, 1.165) is 56.0 Å². The van der Waals surface area contributed by atoms with Crippen molar-refractivity contribution in [2.75, 3.05) is 19.6 Å². The minimum Gasteiger partial charge on any atom is -0.341 e. The topological polar surface area (TPSA) is 23.6 Å². The molecule has 2 heterocycles. The minimum atomic E-state index is 0.268. The molecule has 0 bridgehead atoms. The van der Waals surface area contributed by atoms with Gasteiger partial charge >= 0.3 is 0 Å². The lowest BCUT2D eigenvalue weighted by Crippen LogP contribution is -2.41. The number of carbonyl (C=O) groups is 1. The van der Waals surface area contributed by atoms with Gasteiger partial charge in [-0.15, -0.1) is 0 Å². The highest BCUT2D eigenvalue weighted by Gasteiger charge is 2.31. The number of amides is 1. The molecule has 3 nitrogen and oxygen atoms in total. The van der Waals surface area contributed by atoms with E-state index < -0.39 is 0 Å². The van der Waals surface area contributed by atoms with Gasteiger partial charge < -0.3 is 4.90 Å². The van der Waals surface area contributed by atoms with Crippen molar-refractivity contribution < 1.29 is 4.79 Å². The average molecular weight is 369 g/mol. The second-order valence-electron chi connectivity index (χ2n) is 7.40. The van der Waals surface area contributed by atoms with Crippen LogP contribution < -0.4 is 0 Å². The Labute approximate surface area is 160 Å². The predicted molar refractivity (Wildman–Crippen MR) is 105 cm³/mol. The van der Waals surface area contributed by atoms with E-state index in [9.17, 15) is 4.79 Å². The number of benzene rings is 2. The van der Waals surface area contributed by atoms with E-state index in [1.807, 2.05) is 24.3 Å². The van der Waals surface area contributed by atoms with Crippen LogP contribution in [0.4, 0.5) is 0 Å². The summed E-state index contributed by atoms with van der Waals surface area (Å²) in [5.41, 5.74) is 4.06. The fourth-order valence-corrected chi connectivity index (χ4v) is 4.41. The van der Waals surface area contributed by atoms with Crippen LogP contribution >= 0.6 is 11.6 Å². The van der Waals surface area contributed by atoms with Crippen molar-refractivity contribution >= 4 is 17.5 Å². The van der Waals surface area contributed by atoms with Gasteiger partial charge in [-0.25, -0.2) is 0 Å². The lowest BCUT2D eigenvalue weighted by Gasteiger charge is -2.33. The first kappa shape index (κ1) is 17.6. The molecule has 0 aliphatic carbocycles. The van der Waals surface area contributed by atoms with Gasteiger partial charge in [-0.3, -0.25) is 9.69 Å². The summed E-state index contributed by atoms with van der Waals surface area (Å²) in [4.78, 5) is 17.2. The van der Waals surface area contributed by atoms with Gasteiger partial charge in [-0.05, 0) is 48.1 Å². The van der Waals surface area contributed by atoms with E-state index in [4.69, 9.17) is 11.6 Å². The quantitative estimate of drug-likeness (QED) is 0.816. The molecular formula is C22H25ClN2O. The highest BCUT2D eigenvalue weighted by molar-refractivity contribution is 6.30. The Morgan fingerprint density at radius 3 is 2.77 bits per heavy atom. The molecule has 4 rings (SSSR count). The number of hydrogen-bond donors (Lipinski definition) is 0. The van der Waals surface area contributed by atoms with Gasteiger partial charge in [0.2, 0.25) is 5.91 Å². The monoisotopic (exact) mass is 368 g/mol. The molecule has 1 saturated heterocycles. The molecule has 4 heteroatoms. The molecule has 1 atom stereocenters. The summed E-state index contributed by atoms with van der Waals surface area (Å²) < 4.78 is 0. The number of halogens is 1. The van der Waals surface area contributed by atoms with Crippen molar-refractivity contribution in [3.05, 3.63) is 70.2 Å². The number of likely N-dealkylation sites (tertiary alicyclic amines) is 1. The van der Waals surface area contributed by atoms with Crippen LogP contribution in [0.5, 0.6) is 0 Å². The summed E-state index contributed by atoms with van der Waals surface area (Å²) in [6, 6.07) is 17.0. The maximum Gasteiger partial charge on any atom is 0.222 e. The second kappa shape index (κ2) is 7.81. The third kappa shape index (κ3) is 3.94. The number of hydrogen-bond acceptors (Lipinski definition) is 2. The maximum absolute atomic E-state index is 12.6. The van der Waals surface area contributed by atoms with Crippen molar-refractivity contribution in [1.82, 2.24) is 9.80 Å². The fourth-order valence-electron chi connectivity index (χ4n) is 4.20. The number of fused-ring (bicyclic) bond motifs is 1. The second-order valence-corrected chi connectivity index (χ2v) is 7.84. The lowest BCUT2D eigenvalue weighted by atomic mass is 9.98. The van der Waals surface area contributed by atoms with E-state index in [1.165, 1.54) is 11.1 Å². The van der Waals surface area contributed by atoms with Crippen molar-refractivity contribution in [3.8, 4) is 0 Å². The summed E-state index contributed by atoms with van der Waals surface area (Å²) >= 11 is 6.03. The Kier molecular flexibility index (Phi) is 5.28. The Bertz CT molecular complexity index is 791. The van der Waals surface area contributed by atoms with Crippen LogP contribution in [0, 0.1) is 0 Å². The van der Waals surface area contributed by atoms with E-state index in [2.05, 4.69) is 34.1 Å². The lowest BCUT2D eigenvalue weighted by molar-refractivity contribution is -0.130. The molecular weight excluding hydrogens is 344 g/mol. The van der Waals surface area contributed by atoms with Gasteiger partial charge in [-0.2, -0.15) is 0 Å². The van der Waals surface area contributed by atoms with Crippen LogP contribution in [0.3, 0.4) is 0 Å². The molecule has 2 aromatic carbocycles. The van der Waals surface area contributed by atoms with E-state index in [-0.39, 0.29) is 5.91 Å². The summed E-state index contributed by atoms with van der Waals surface area (Å²) in [6.45, 7) is 3.88. The smallest absolute Gasteiger partial charge is 0.222 e. The molecule has 0 aromatic heterocycles. The Hall–Kier alpha value is -1.84. The van der Waals surface area contributed by atoms with Crippen LogP contribution in [0.15, 0.2) is 48.5 Å². The van der Waals surface area contributed by atoms with Crippen LogP contribution in [-0.2, 0) is 24.2 Å². The highest BCUT2D eigenvalue weighted by Crippen LogP contribution is 2.25. The van der Waals surface area contributed by atoms with Crippen LogP contribution in [0.1, 0.15) is 29.5 Å². The summed E-state index contributed by atoms with van der Waals surface area (Å²) in [7, 11) is 0. The van der Waals surface area contributed by atoms with Crippen molar-refractivity contribution in [2.24, 2.45) is 0 Å². The summed E-state index contributed by atoms with van der Waals surface area (Å²) in [5.74, 6) is 0.268. The molecule has 0 spiro atoms. The minimum absolute atomic E-state index is 0.268.